The van der Waals surface area contributed by atoms with Gasteiger partial charge in [0.15, 0.2) is 5.54 Å². The predicted octanol–water partition coefficient (Wildman–Crippen LogP) is 4.67. The van der Waals surface area contributed by atoms with Crippen LogP contribution in [0.15, 0.2) is 88.3 Å². The number of carbonyl (C=O) groups excluding carboxylic acids is 1. The van der Waals surface area contributed by atoms with Crippen LogP contribution in [-0.4, -0.2) is 41.8 Å². The van der Waals surface area contributed by atoms with Gasteiger partial charge in [-0.1, -0.05) is 58.4 Å². The van der Waals surface area contributed by atoms with Crippen LogP contribution in [0.3, 0.4) is 0 Å². The van der Waals surface area contributed by atoms with Crippen molar-refractivity contribution in [2.24, 2.45) is 4.99 Å². The molecule has 1 aliphatic rings. The maximum atomic E-state index is 13.7. The fraction of sp³-hybridized carbons (Fsp3) is 0.286. The third kappa shape index (κ3) is 6.10. The molecule has 0 radical (unpaired) electrons. The molecule has 1 aliphatic heterocycles. The Morgan fingerprint density at radius 1 is 1.06 bits per heavy atom. The lowest BCUT2D eigenvalue weighted by Crippen LogP contribution is -2.52. The van der Waals surface area contributed by atoms with Crippen LogP contribution in [-0.2, 0) is 22.5 Å². The maximum absolute atomic E-state index is 13.7. The topological polar surface area (TPSA) is 80.2 Å². The first-order valence-corrected chi connectivity index (χ1v) is 12.5. The van der Waals surface area contributed by atoms with Crippen molar-refractivity contribution in [2.75, 3.05) is 13.2 Å². The molecule has 0 saturated heterocycles. The van der Waals surface area contributed by atoms with E-state index in [9.17, 15) is 4.79 Å². The molecule has 0 aliphatic carbocycles. The van der Waals surface area contributed by atoms with Gasteiger partial charge in [-0.15, -0.1) is 0 Å². The largest absolute Gasteiger partial charge is 0.494 e. The molecule has 6 nitrogen and oxygen atoms in total. The molecular formula is C28H29BrN2O4. The molecule has 182 valence electrons. The highest BCUT2D eigenvalue weighted by Crippen LogP contribution is 2.33. The quantitative estimate of drug-likeness (QED) is 0.369. The molecule has 4 rings (SSSR count). The van der Waals surface area contributed by atoms with E-state index in [1.54, 1.807) is 0 Å². The lowest BCUT2D eigenvalue weighted by Gasteiger charge is -2.28. The fourth-order valence-electron chi connectivity index (χ4n) is 3.99. The number of carbonyl (C=O) groups is 1. The Kier molecular flexibility index (Phi) is 8.21. The van der Waals surface area contributed by atoms with Gasteiger partial charge in [-0.25, -0.2) is 4.99 Å². The average Bonchev–Trinajstić information content (AvgIpc) is 3.22. The second-order valence-corrected chi connectivity index (χ2v) is 9.44. The maximum Gasteiger partial charge on any atom is 0.252 e. The summed E-state index contributed by atoms with van der Waals surface area (Å²) in [6.07, 6.45) is 0.525. The zero-order valence-corrected chi connectivity index (χ0v) is 21.2. The van der Waals surface area contributed by atoms with Gasteiger partial charge >= 0.3 is 0 Å². The van der Waals surface area contributed by atoms with Crippen LogP contribution in [0.4, 0.5) is 0 Å². The Morgan fingerprint density at radius 2 is 1.77 bits per heavy atom. The second kappa shape index (κ2) is 11.5. The zero-order valence-electron chi connectivity index (χ0n) is 19.6. The van der Waals surface area contributed by atoms with E-state index < -0.39 is 11.6 Å². The van der Waals surface area contributed by atoms with E-state index in [0.717, 1.165) is 21.2 Å². The Labute approximate surface area is 214 Å². The van der Waals surface area contributed by atoms with Crippen LogP contribution in [0.5, 0.6) is 5.75 Å². The van der Waals surface area contributed by atoms with Gasteiger partial charge in [0.2, 0.25) is 5.90 Å². The summed E-state index contributed by atoms with van der Waals surface area (Å²) in [7, 11) is 0. The summed E-state index contributed by atoms with van der Waals surface area (Å²) in [4.78, 5) is 18.6. The third-order valence-corrected chi connectivity index (χ3v) is 6.54. The van der Waals surface area contributed by atoms with Gasteiger partial charge in [-0.3, -0.25) is 4.79 Å². The average molecular weight is 537 g/mol. The molecule has 0 fully saturated rings. The van der Waals surface area contributed by atoms with E-state index in [4.69, 9.17) is 19.6 Å². The standard InChI is InChI=1S/C28H29BrN2O4/c1-20-28(18-21-8-12-24(29)13-9-21,27(33)30-19-22-6-3-2-4-7-22)31-26(35-20)23-10-14-25(15-11-23)34-17-5-16-32/h2-4,6-15,20,32H,5,16-19H2,1H3,(H,30,33)/t20-,28-/m1/s1. The number of hydrogen-bond donors (Lipinski definition) is 2. The van der Waals surface area contributed by atoms with Crippen molar-refractivity contribution in [3.05, 3.63) is 100 Å². The summed E-state index contributed by atoms with van der Waals surface area (Å²) in [5.41, 5.74) is 1.69. The van der Waals surface area contributed by atoms with Crippen molar-refractivity contribution in [2.45, 2.75) is 38.0 Å². The molecule has 1 heterocycles. The molecule has 35 heavy (non-hydrogen) atoms. The van der Waals surface area contributed by atoms with E-state index in [0.29, 0.717) is 37.6 Å². The SMILES string of the molecule is C[C@H]1OC(c2ccc(OCCCO)cc2)=N[C@@]1(Cc1ccc(Br)cc1)C(=O)NCc1ccccc1. The third-order valence-electron chi connectivity index (χ3n) is 6.01. The first-order chi connectivity index (χ1) is 17.0. The van der Waals surface area contributed by atoms with Gasteiger partial charge in [-0.2, -0.15) is 0 Å². The van der Waals surface area contributed by atoms with Crippen molar-refractivity contribution >= 4 is 27.7 Å². The molecular weight excluding hydrogens is 508 g/mol. The van der Waals surface area contributed by atoms with Crippen LogP contribution >= 0.6 is 15.9 Å². The number of halogens is 1. The molecule has 0 spiro atoms. The Bertz CT molecular complexity index is 1150. The predicted molar refractivity (Wildman–Crippen MR) is 140 cm³/mol. The van der Waals surface area contributed by atoms with Crippen molar-refractivity contribution in [1.82, 2.24) is 5.32 Å². The number of aliphatic hydroxyl groups excluding tert-OH is 1. The number of hydrogen-bond acceptors (Lipinski definition) is 5. The van der Waals surface area contributed by atoms with Gasteiger partial charge < -0.3 is 19.9 Å². The van der Waals surface area contributed by atoms with Crippen LogP contribution < -0.4 is 10.1 Å². The molecule has 2 atom stereocenters. The number of rotatable bonds is 10. The van der Waals surface area contributed by atoms with Crippen molar-refractivity contribution in [3.63, 3.8) is 0 Å². The lowest BCUT2D eigenvalue weighted by atomic mass is 9.86. The van der Waals surface area contributed by atoms with E-state index in [-0.39, 0.29) is 12.5 Å². The minimum atomic E-state index is -1.10. The minimum absolute atomic E-state index is 0.0907. The molecule has 0 aromatic heterocycles. The molecule has 3 aromatic carbocycles. The Morgan fingerprint density at radius 3 is 2.46 bits per heavy atom. The summed E-state index contributed by atoms with van der Waals surface area (Å²) in [5, 5.41) is 12.0. The summed E-state index contributed by atoms with van der Waals surface area (Å²) >= 11 is 3.47. The first kappa shape index (κ1) is 24.9. The molecule has 0 bridgehead atoms. The van der Waals surface area contributed by atoms with E-state index in [1.807, 2.05) is 85.8 Å². The monoisotopic (exact) mass is 536 g/mol. The van der Waals surface area contributed by atoms with Gasteiger partial charge in [0.1, 0.15) is 11.9 Å². The molecule has 3 aromatic rings. The van der Waals surface area contributed by atoms with Crippen LogP contribution in [0.2, 0.25) is 0 Å². The highest BCUT2D eigenvalue weighted by atomic mass is 79.9. The van der Waals surface area contributed by atoms with Crippen LogP contribution in [0, 0.1) is 0 Å². The number of nitrogens with zero attached hydrogens (tertiary/aromatic N) is 1. The van der Waals surface area contributed by atoms with Gasteiger partial charge in [0, 0.05) is 36.0 Å². The van der Waals surface area contributed by atoms with Crippen LogP contribution in [0.1, 0.15) is 30.0 Å². The normalized spacial score (nSPS) is 19.1. The van der Waals surface area contributed by atoms with Crippen molar-refractivity contribution < 1.29 is 19.4 Å². The summed E-state index contributed by atoms with van der Waals surface area (Å²) in [5.74, 6) is 0.970. The van der Waals surface area contributed by atoms with Gasteiger partial charge in [0.25, 0.3) is 5.91 Å². The molecule has 7 heteroatoms. The number of aliphatic hydroxyl groups is 1. The number of benzene rings is 3. The number of aliphatic imine (C=N–C) groups is 1. The highest BCUT2D eigenvalue weighted by Gasteiger charge is 2.50. The van der Waals surface area contributed by atoms with Crippen molar-refractivity contribution in [3.8, 4) is 5.75 Å². The van der Waals surface area contributed by atoms with E-state index >= 15 is 0 Å². The molecule has 0 saturated carbocycles. The number of amides is 1. The molecule has 1 amide bonds. The minimum Gasteiger partial charge on any atom is -0.494 e. The van der Waals surface area contributed by atoms with E-state index in [2.05, 4.69) is 21.2 Å². The molecule has 2 N–H and O–H groups in total. The van der Waals surface area contributed by atoms with Crippen molar-refractivity contribution in [1.29, 1.82) is 0 Å². The summed E-state index contributed by atoms with van der Waals surface area (Å²) < 4.78 is 12.8. The van der Waals surface area contributed by atoms with Crippen LogP contribution in [0.25, 0.3) is 0 Å². The van der Waals surface area contributed by atoms with Gasteiger partial charge in [-0.05, 0) is 54.4 Å². The number of ether oxygens (including phenoxy) is 2. The van der Waals surface area contributed by atoms with E-state index in [1.165, 1.54) is 0 Å². The Balaban J connectivity index is 1.60. The first-order valence-electron chi connectivity index (χ1n) is 11.7. The lowest BCUT2D eigenvalue weighted by molar-refractivity contribution is -0.128. The summed E-state index contributed by atoms with van der Waals surface area (Å²) in [6.45, 7) is 2.85. The summed E-state index contributed by atoms with van der Waals surface area (Å²) in [6, 6.07) is 25.2. The fourth-order valence-corrected chi connectivity index (χ4v) is 4.25. The van der Waals surface area contributed by atoms with Gasteiger partial charge in [0.05, 0.1) is 6.61 Å². The smallest absolute Gasteiger partial charge is 0.252 e. The zero-order chi connectivity index (χ0) is 24.7. The molecule has 0 unspecified atom stereocenters. The highest BCUT2D eigenvalue weighted by molar-refractivity contribution is 9.10. The number of nitrogens with one attached hydrogen (secondary N) is 1. The Hall–Kier alpha value is -3.16. The second-order valence-electron chi connectivity index (χ2n) is 8.52.